The zero-order chi connectivity index (χ0) is 14.8. The van der Waals surface area contributed by atoms with Gasteiger partial charge in [-0.15, -0.1) is 0 Å². The fourth-order valence-electron chi connectivity index (χ4n) is 3.28. The van der Waals surface area contributed by atoms with E-state index in [-0.39, 0.29) is 5.91 Å². The van der Waals surface area contributed by atoms with Crippen LogP contribution in [0.4, 0.5) is 0 Å². The Hall–Kier alpha value is -1.35. The molecule has 1 aliphatic carbocycles. The molecule has 1 amide bonds. The van der Waals surface area contributed by atoms with Crippen LogP contribution >= 0.6 is 0 Å². The Kier molecular flexibility index (Phi) is 4.29. The monoisotopic (exact) mass is 286 g/mol. The summed E-state index contributed by atoms with van der Waals surface area (Å²) in [6.45, 7) is 7.26. The Morgan fingerprint density at radius 3 is 2.76 bits per heavy atom. The molecule has 0 spiro atoms. The highest BCUT2D eigenvalue weighted by Crippen LogP contribution is 2.30. The van der Waals surface area contributed by atoms with Gasteiger partial charge in [-0.2, -0.15) is 0 Å². The van der Waals surface area contributed by atoms with Gasteiger partial charge in [-0.05, 0) is 75.7 Å². The summed E-state index contributed by atoms with van der Waals surface area (Å²) >= 11 is 0. The molecular weight excluding hydrogens is 260 g/mol. The standard InChI is InChI=1S/C18H26N2O/c1-13-5-3-7-17(14(13)2)18(21)20(16-8-9-16)12-15-6-4-10-19-11-15/h3,5,7,15-16,19H,4,6,8-12H2,1-2H3. The van der Waals surface area contributed by atoms with Crippen LogP contribution in [-0.4, -0.2) is 36.5 Å². The molecule has 1 atom stereocenters. The average Bonchev–Trinajstić information content (AvgIpc) is 3.33. The molecule has 3 heteroatoms. The molecule has 1 aliphatic heterocycles. The third-order valence-electron chi connectivity index (χ3n) is 4.94. The Balaban J connectivity index is 1.76. The number of hydrogen-bond acceptors (Lipinski definition) is 2. The SMILES string of the molecule is Cc1cccc(C(=O)N(CC2CCCNC2)C2CC2)c1C. The number of nitrogens with one attached hydrogen (secondary N) is 1. The molecule has 1 aromatic carbocycles. The molecule has 3 rings (SSSR count). The number of aryl methyl sites for hydroxylation is 1. The van der Waals surface area contributed by atoms with Crippen LogP contribution in [-0.2, 0) is 0 Å². The van der Waals surface area contributed by atoms with Gasteiger partial charge < -0.3 is 10.2 Å². The van der Waals surface area contributed by atoms with Crippen molar-refractivity contribution in [1.29, 1.82) is 0 Å². The van der Waals surface area contributed by atoms with Gasteiger partial charge in [0, 0.05) is 18.2 Å². The van der Waals surface area contributed by atoms with Crippen LogP contribution in [0.3, 0.4) is 0 Å². The maximum Gasteiger partial charge on any atom is 0.254 e. The zero-order valence-electron chi connectivity index (χ0n) is 13.2. The van der Waals surface area contributed by atoms with E-state index in [0.29, 0.717) is 12.0 Å². The van der Waals surface area contributed by atoms with Crippen molar-refractivity contribution >= 4 is 5.91 Å². The third kappa shape index (κ3) is 3.29. The molecule has 2 fully saturated rings. The minimum atomic E-state index is 0.240. The van der Waals surface area contributed by atoms with Crippen LogP contribution in [0, 0.1) is 19.8 Å². The van der Waals surface area contributed by atoms with Gasteiger partial charge in [0.05, 0.1) is 0 Å². The highest BCUT2D eigenvalue weighted by molar-refractivity contribution is 5.96. The van der Waals surface area contributed by atoms with Gasteiger partial charge in [-0.3, -0.25) is 4.79 Å². The first kappa shape index (κ1) is 14.6. The molecular formula is C18H26N2O. The van der Waals surface area contributed by atoms with Gasteiger partial charge in [0.15, 0.2) is 0 Å². The number of piperidine rings is 1. The lowest BCUT2D eigenvalue weighted by molar-refractivity contribution is 0.0703. The zero-order valence-corrected chi connectivity index (χ0v) is 13.2. The minimum absolute atomic E-state index is 0.240. The Morgan fingerprint density at radius 2 is 2.10 bits per heavy atom. The molecule has 1 saturated heterocycles. The van der Waals surface area contributed by atoms with E-state index in [1.165, 1.54) is 31.2 Å². The second-order valence-corrected chi connectivity index (χ2v) is 6.65. The van der Waals surface area contributed by atoms with E-state index in [1.807, 2.05) is 12.1 Å². The average molecular weight is 286 g/mol. The Morgan fingerprint density at radius 1 is 1.29 bits per heavy atom. The second kappa shape index (κ2) is 6.18. The van der Waals surface area contributed by atoms with E-state index in [4.69, 9.17) is 0 Å². The quantitative estimate of drug-likeness (QED) is 0.923. The first-order chi connectivity index (χ1) is 10.2. The normalized spacial score (nSPS) is 22.1. The van der Waals surface area contributed by atoms with Gasteiger partial charge in [-0.1, -0.05) is 12.1 Å². The number of benzene rings is 1. The van der Waals surface area contributed by atoms with Crippen molar-refractivity contribution in [2.75, 3.05) is 19.6 Å². The second-order valence-electron chi connectivity index (χ2n) is 6.65. The number of nitrogens with zero attached hydrogens (tertiary/aromatic N) is 1. The van der Waals surface area contributed by atoms with E-state index in [9.17, 15) is 4.79 Å². The van der Waals surface area contributed by atoms with Crippen molar-refractivity contribution in [3.05, 3.63) is 34.9 Å². The van der Waals surface area contributed by atoms with Crippen molar-refractivity contribution in [3.8, 4) is 0 Å². The maximum atomic E-state index is 13.0. The van der Waals surface area contributed by atoms with E-state index in [0.717, 1.165) is 30.8 Å². The van der Waals surface area contributed by atoms with Gasteiger partial charge in [0.25, 0.3) is 5.91 Å². The molecule has 1 aromatic rings. The molecule has 21 heavy (non-hydrogen) atoms. The predicted octanol–water partition coefficient (Wildman–Crippen LogP) is 2.91. The van der Waals surface area contributed by atoms with Crippen LogP contribution < -0.4 is 5.32 Å². The highest BCUT2D eigenvalue weighted by atomic mass is 16.2. The Bertz CT molecular complexity index is 516. The van der Waals surface area contributed by atoms with Crippen molar-refractivity contribution in [2.45, 2.75) is 45.6 Å². The fraction of sp³-hybridized carbons (Fsp3) is 0.611. The molecule has 114 valence electrons. The van der Waals surface area contributed by atoms with Crippen molar-refractivity contribution < 1.29 is 4.79 Å². The first-order valence-electron chi connectivity index (χ1n) is 8.24. The number of hydrogen-bond donors (Lipinski definition) is 1. The third-order valence-corrected chi connectivity index (χ3v) is 4.94. The molecule has 1 N–H and O–H groups in total. The molecule has 3 nitrogen and oxygen atoms in total. The maximum absolute atomic E-state index is 13.0. The van der Waals surface area contributed by atoms with Crippen LogP contribution in [0.1, 0.15) is 47.2 Å². The van der Waals surface area contributed by atoms with Crippen LogP contribution in [0.2, 0.25) is 0 Å². The largest absolute Gasteiger partial charge is 0.335 e. The summed E-state index contributed by atoms with van der Waals surface area (Å²) in [5.74, 6) is 0.859. The summed E-state index contributed by atoms with van der Waals surface area (Å²) in [4.78, 5) is 15.1. The number of carbonyl (C=O) groups excluding carboxylic acids is 1. The van der Waals surface area contributed by atoms with Crippen LogP contribution in [0.5, 0.6) is 0 Å². The lowest BCUT2D eigenvalue weighted by Gasteiger charge is -2.31. The molecule has 1 unspecified atom stereocenters. The molecule has 1 saturated carbocycles. The minimum Gasteiger partial charge on any atom is -0.335 e. The topological polar surface area (TPSA) is 32.3 Å². The lowest BCUT2D eigenvalue weighted by atomic mass is 9.97. The summed E-state index contributed by atoms with van der Waals surface area (Å²) in [5.41, 5.74) is 3.23. The fourth-order valence-corrected chi connectivity index (χ4v) is 3.28. The molecule has 0 radical (unpaired) electrons. The van der Waals surface area contributed by atoms with E-state index in [1.54, 1.807) is 0 Å². The van der Waals surface area contributed by atoms with Crippen molar-refractivity contribution in [1.82, 2.24) is 10.2 Å². The van der Waals surface area contributed by atoms with Gasteiger partial charge in [0.2, 0.25) is 0 Å². The summed E-state index contributed by atoms with van der Waals surface area (Å²) in [6.07, 6.45) is 4.84. The molecule has 2 aliphatic rings. The van der Waals surface area contributed by atoms with E-state index < -0.39 is 0 Å². The number of carbonyl (C=O) groups is 1. The number of amides is 1. The van der Waals surface area contributed by atoms with E-state index in [2.05, 4.69) is 30.1 Å². The first-order valence-corrected chi connectivity index (χ1v) is 8.24. The van der Waals surface area contributed by atoms with Gasteiger partial charge in [-0.25, -0.2) is 0 Å². The Labute approximate surface area is 127 Å². The van der Waals surface area contributed by atoms with Crippen molar-refractivity contribution in [2.24, 2.45) is 5.92 Å². The molecule has 0 aromatic heterocycles. The summed E-state index contributed by atoms with van der Waals surface area (Å²) < 4.78 is 0. The predicted molar refractivity (Wildman–Crippen MR) is 85.6 cm³/mol. The summed E-state index contributed by atoms with van der Waals surface area (Å²) in [6, 6.07) is 6.56. The summed E-state index contributed by atoms with van der Waals surface area (Å²) in [5, 5.41) is 3.46. The molecule has 0 bridgehead atoms. The van der Waals surface area contributed by atoms with Gasteiger partial charge in [0.1, 0.15) is 0 Å². The highest BCUT2D eigenvalue weighted by Gasteiger charge is 2.35. The summed E-state index contributed by atoms with van der Waals surface area (Å²) in [7, 11) is 0. The van der Waals surface area contributed by atoms with Crippen LogP contribution in [0.15, 0.2) is 18.2 Å². The van der Waals surface area contributed by atoms with Crippen LogP contribution in [0.25, 0.3) is 0 Å². The van der Waals surface area contributed by atoms with E-state index >= 15 is 0 Å². The van der Waals surface area contributed by atoms with Gasteiger partial charge >= 0.3 is 0 Å². The number of rotatable bonds is 4. The smallest absolute Gasteiger partial charge is 0.254 e. The lowest BCUT2D eigenvalue weighted by Crippen LogP contribution is -2.42. The molecule has 1 heterocycles. The van der Waals surface area contributed by atoms with Crippen molar-refractivity contribution in [3.63, 3.8) is 0 Å².